The minimum absolute atomic E-state index is 0.174. The van der Waals surface area contributed by atoms with Gasteiger partial charge in [0.25, 0.3) is 0 Å². The predicted octanol–water partition coefficient (Wildman–Crippen LogP) is 7.53. The van der Waals surface area contributed by atoms with Crippen LogP contribution in [-0.4, -0.2) is 5.11 Å². The fourth-order valence-electron chi connectivity index (χ4n) is 3.41. The lowest BCUT2D eigenvalue weighted by Gasteiger charge is -2.26. The Kier molecular flexibility index (Phi) is 8.81. The quantitative estimate of drug-likeness (QED) is 0.424. The highest BCUT2D eigenvalue weighted by molar-refractivity contribution is 5.44. The van der Waals surface area contributed by atoms with Crippen LogP contribution in [-0.2, 0) is 11.8 Å². The normalized spacial score (nSPS) is 10.8. The summed E-state index contributed by atoms with van der Waals surface area (Å²) in [6.07, 6.45) is 6.69. The second-order valence-corrected chi connectivity index (χ2v) is 7.80. The molecule has 0 unspecified atom stereocenters. The van der Waals surface area contributed by atoms with E-state index in [4.69, 9.17) is 0 Å². The highest BCUT2D eigenvalue weighted by Crippen LogP contribution is 2.36. The molecule has 0 saturated heterocycles. The fraction of sp³-hybridized carbons (Fsp3) is 0.333. The lowest BCUT2D eigenvalue weighted by Crippen LogP contribution is -2.18. The van der Waals surface area contributed by atoms with Gasteiger partial charge >= 0.3 is 0 Å². The molecule has 3 aromatic carbocycles. The van der Waals surface area contributed by atoms with Crippen LogP contribution in [0.5, 0.6) is 5.75 Å². The topological polar surface area (TPSA) is 20.2 Å². The van der Waals surface area contributed by atoms with Crippen molar-refractivity contribution in [2.24, 2.45) is 0 Å². The van der Waals surface area contributed by atoms with E-state index in [-0.39, 0.29) is 5.41 Å². The molecular formula is C27H34O. The summed E-state index contributed by atoms with van der Waals surface area (Å²) >= 11 is 0. The van der Waals surface area contributed by atoms with Gasteiger partial charge in [0.15, 0.2) is 0 Å². The molecule has 28 heavy (non-hydrogen) atoms. The van der Waals surface area contributed by atoms with E-state index in [1.54, 1.807) is 6.07 Å². The predicted molar refractivity (Wildman–Crippen MR) is 121 cm³/mol. The van der Waals surface area contributed by atoms with Crippen LogP contribution >= 0.6 is 0 Å². The number of rotatable bonds is 7. The Morgan fingerprint density at radius 1 is 0.679 bits per heavy atom. The van der Waals surface area contributed by atoms with Crippen LogP contribution in [0.4, 0.5) is 0 Å². The molecular weight excluding hydrogens is 340 g/mol. The minimum atomic E-state index is -0.174. The van der Waals surface area contributed by atoms with Gasteiger partial charge in [0, 0.05) is 11.0 Å². The summed E-state index contributed by atoms with van der Waals surface area (Å²) in [5, 5.41) is 9.91. The van der Waals surface area contributed by atoms with Crippen molar-refractivity contribution in [2.75, 3.05) is 0 Å². The van der Waals surface area contributed by atoms with Crippen molar-refractivity contribution in [3.8, 4) is 5.75 Å². The number of phenols is 1. The Morgan fingerprint density at radius 2 is 1.25 bits per heavy atom. The Labute approximate surface area is 171 Å². The third-order valence-corrected chi connectivity index (χ3v) is 5.23. The maximum Gasteiger partial charge on any atom is 0.119 e. The SMILES string of the molecule is CC(C)(c1ccccc1)c1ccccc1O.CCCCCCc1ccccc1. The highest BCUT2D eigenvalue weighted by Gasteiger charge is 2.25. The van der Waals surface area contributed by atoms with Gasteiger partial charge in [0.05, 0.1) is 0 Å². The summed E-state index contributed by atoms with van der Waals surface area (Å²) in [7, 11) is 0. The summed E-state index contributed by atoms with van der Waals surface area (Å²) in [5.41, 5.74) is 3.47. The van der Waals surface area contributed by atoms with Gasteiger partial charge in [-0.05, 0) is 30.0 Å². The maximum absolute atomic E-state index is 9.91. The van der Waals surface area contributed by atoms with Crippen molar-refractivity contribution >= 4 is 0 Å². The zero-order valence-electron chi connectivity index (χ0n) is 17.6. The van der Waals surface area contributed by atoms with Crippen LogP contribution < -0.4 is 0 Å². The van der Waals surface area contributed by atoms with Crippen LogP contribution in [0.15, 0.2) is 84.9 Å². The molecule has 0 atom stereocenters. The molecule has 0 aliphatic heterocycles. The molecule has 0 fully saturated rings. The molecule has 1 nitrogen and oxygen atoms in total. The van der Waals surface area contributed by atoms with Gasteiger partial charge in [0.1, 0.15) is 5.75 Å². The van der Waals surface area contributed by atoms with E-state index >= 15 is 0 Å². The molecule has 0 radical (unpaired) electrons. The van der Waals surface area contributed by atoms with Crippen molar-refractivity contribution in [3.63, 3.8) is 0 Å². The number of aryl methyl sites for hydroxylation is 1. The largest absolute Gasteiger partial charge is 0.508 e. The lowest BCUT2D eigenvalue weighted by atomic mass is 9.78. The number of hydrogen-bond donors (Lipinski definition) is 1. The van der Waals surface area contributed by atoms with Crippen LogP contribution in [0, 0.1) is 0 Å². The van der Waals surface area contributed by atoms with Gasteiger partial charge < -0.3 is 5.11 Å². The third kappa shape index (κ3) is 6.56. The minimum Gasteiger partial charge on any atom is -0.508 e. The summed E-state index contributed by atoms with van der Waals surface area (Å²) in [5.74, 6) is 0.358. The number of hydrogen-bond acceptors (Lipinski definition) is 1. The van der Waals surface area contributed by atoms with Gasteiger partial charge in [-0.1, -0.05) is 119 Å². The standard InChI is InChI=1S/C15H16O.C12H18/c1-15(2,12-8-4-3-5-9-12)13-10-6-7-11-14(13)16;1-2-3-4-6-9-12-10-7-5-8-11-12/h3-11,16H,1-2H3;5,7-8,10-11H,2-4,6,9H2,1H3. The molecule has 0 aliphatic rings. The molecule has 148 valence electrons. The number of para-hydroxylation sites is 1. The third-order valence-electron chi connectivity index (χ3n) is 5.23. The second-order valence-electron chi connectivity index (χ2n) is 7.80. The fourth-order valence-corrected chi connectivity index (χ4v) is 3.41. The lowest BCUT2D eigenvalue weighted by molar-refractivity contribution is 0.453. The van der Waals surface area contributed by atoms with Gasteiger partial charge in [-0.25, -0.2) is 0 Å². The summed E-state index contributed by atoms with van der Waals surface area (Å²) in [4.78, 5) is 0. The first-order valence-electron chi connectivity index (χ1n) is 10.4. The Bertz CT molecular complexity index is 791. The smallest absolute Gasteiger partial charge is 0.119 e. The number of unbranched alkanes of at least 4 members (excludes halogenated alkanes) is 3. The maximum atomic E-state index is 9.91. The molecule has 0 aromatic heterocycles. The van der Waals surface area contributed by atoms with Gasteiger partial charge in [-0.2, -0.15) is 0 Å². The molecule has 0 amide bonds. The van der Waals surface area contributed by atoms with E-state index in [9.17, 15) is 5.11 Å². The van der Waals surface area contributed by atoms with Gasteiger partial charge in [-0.3, -0.25) is 0 Å². The second kappa shape index (κ2) is 11.3. The molecule has 3 rings (SSSR count). The van der Waals surface area contributed by atoms with Crippen LogP contribution in [0.2, 0.25) is 0 Å². The van der Waals surface area contributed by atoms with E-state index < -0.39 is 0 Å². The summed E-state index contributed by atoms with van der Waals surface area (Å²) < 4.78 is 0. The molecule has 0 bridgehead atoms. The monoisotopic (exact) mass is 374 g/mol. The van der Waals surface area contributed by atoms with Crippen LogP contribution in [0.25, 0.3) is 0 Å². The summed E-state index contributed by atoms with van der Waals surface area (Å²) in [6.45, 7) is 6.50. The molecule has 1 N–H and O–H groups in total. The van der Waals surface area contributed by atoms with Crippen LogP contribution in [0.1, 0.15) is 63.1 Å². The number of benzene rings is 3. The zero-order valence-corrected chi connectivity index (χ0v) is 17.6. The van der Waals surface area contributed by atoms with E-state index in [0.717, 1.165) is 5.56 Å². The Balaban J connectivity index is 0.000000209. The van der Waals surface area contributed by atoms with Crippen molar-refractivity contribution in [1.82, 2.24) is 0 Å². The highest BCUT2D eigenvalue weighted by atomic mass is 16.3. The van der Waals surface area contributed by atoms with Gasteiger partial charge in [0.2, 0.25) is 0 Å². The molecule has 1 heteroatoms. The average molecular weight is 375 g/mol. The first kappa shape index (κ1) is 21.8. The zero-order chi connectivity index (χ0) is 20.2. The molecule has 0 saturated carbocycles. The van der Waals surface area contributed by atoms with Crippen molar-refractivity contribution < 1.29 is 5.11 Å². The molecule has 0 aliphatic carbocycles. The number of phenolic OH excluding ortho intramolecular Hbond substituents is 1. The average Bonchev–Trinajstić information content (AvgIpc) is 2.73. The van der Waals surface area contributed by atoms with E-state index in [1.807, 2.05) is 36.4 Å². The van der Waals surface area contributed by atoms with Gasteiger partial charge in [-0.15, -0.1) is 0 Å². The summed E-state index contributed by atoms with van der Waals surface area (Å²) in [6, 6.07) is 28.5. The molecule has 0 heterocycles. The molecule has 3 aromatic rings. The van der Waals surface area contributed by atoms with Crippen molar-refractivity contribution in [1.29, 1.82) is 0 Å². The van der Waals surface area contributed by atoms with Crippen molar-refractivity contribution in [2.45, 2.75) is 58.3 Å². The van der Waals surface area contributed by atoms with E-state index in [2.05, 4.69) is 63.2 Å². The first-order valence-corrected chi connectivity index (χ1v) is 10.4. The van der Waals surface area contributed by atoms with E-state index in [0.29, 0.717) is 5.75 Å². The Morgan fingerprint density at radius 3 is 1.86 bits per heavy atom. The number of aromatic hydroxyl groups is 1. The van der Waals surface area contributed by atoms with Crippen LogP contribution in [0.3, 0.4) is 0 Å². The first-order chi connectivity index (χ1) is 13.6. The Hall–Kier alpha value is -2.54. The molecule has 0 spiro atoms. The van der Waals surface area contributed by atoms with E-state index in [1.165, 1.54) is 43.2 Å². The van der Waals surface area contributed by atoms with Crippen molar-refractivity contribution in [3.05, 3.63) is 102 Å².